The summed E-state index contributed by atoms with van der Waals surface area (Å²) >= 11 is 0. The van der Waals surface area contributed by atoms with E-state index in [2.05, 4.69) is 55.1 Å². The lowest BCUT2D eigenvalue weighted by Gasteiger charge is -2.41. The molecule has 3 rings (SSSR count). The van der Waals surface area contributed by atoms with Crippen molar-refractivity contribution in [1.82, 2.24) is 4.90 Å². The highest BCUT2D eigenvalue weighted by Crippen LogP contribution is 2.27. The van der Waals surface area contributed by atoms with Crippen LogP contribution in [-0.2, 0) is 4.74 Å². The minimum Gasteiger partial charge on any atom is -0.444 e. The Balaban J connectivity index is 1.87. The number of nitrogens with zero attached hydrogens (tertiary/aromatic N) is 1. The van der Waals surface area contributed by atoms with Crippen molar-refractivity contribution in [2.24, 2.45) is 0 Å². The van der Waals surface area contributed by atoms with Gasteiger partial charge in [-0.25, -0.2) is 4.79 Å². The largest absolute Gasteiger partial charge is 0.444 e. The number of hydrogen-bond acceptors (Lipinski definition) is 3. The molecule has 5 heteroatoms. The molecule has 30 heavy (non-hydrogen) atoms. The fraction of sp³-hybridized carbons (Fsp3) is 0.480. The molecule has 1 heterocycles. The summed E-state index contributed by atoms with van der Waals surface area (Å²) in [6.45, 7) is 8.62. The summed E-state index contributed by atoms with van der Waals surface area (Å²) in [5.74, 6) is 0. The van der Waals surface area contributed by atoms with Gasteiger partial charge in [-0.05, 0) is 46.1 Å². The lowest BCUT2D eigenvalue weighted by Crippen LogP contribution is -2.60. The number of rotatable bonds is 5. The zero-order valence-electron chi connectivity index (χ0n) is 18.7. The van der Waals surface area contributed by atoms with Crippen LogP contribution in [0.4, 0.5) is 4.79 Å². The number of carbonyl (C=O) groups is 1. The van der Waals surface area contributed by atoms with Gasteiger partial charge < -0.3 is 14.7 Å². The third-order valence-corrected chi connectivity index (χ3v) is 10.5. The Morgan fingerprint density at radius 1 is 1.07 bits per heavy atom. The quantitative estimate of drug-likeness (QED) is 0.736. The monoisotopic (exact) mass is 425 g/mol. The van der Waals surface area contributed by atoms with Crippen molar-refractivity contribution < 1.29 is 14.6 Å². The van der Waals surface area contributed by atoms with Crippen molar-refractivity contribution in [3.63, 3.8) is 0 Å². The summed E-state index contributed by atoms with van der Waals surface area (Å²) in [5.41, 5.74) is -0.540. The van der Waals surface area contributed by atoms with Crippen LogP contribution in [0.2, 0.25) is 12.6 Å². The standard InChI is InChI=1S/C25H35NO3Si/c1-25(2,3)29-24(28)26-18-12-11-17-22(26)23(27)19-30(4,20-13-7-5-8-14-20)21-15-9-6-10-16-21/h5-10,13-16,22-23,27H,11-12,17-19H2,1-4H3/t22-,23-/m0/s1. The number of amides is 1. The van der Waals surface area contributed by atoms with Gasteiger partial charge in [0.1, 0.15) is 13.7 Å². The lowest BCUT2D eigenvalue weighted by molar-refractivity contribution is -0.0126. The zero-order valence-corrected chi connectivity index (χ0v) is 19.7. The van der Waals surface area contributed by atoms with E-state index in [1.165, 1.54) is 10.4 Å². The molecule has 4 nitrogen and oxygen atoms in total. The van der Waals surface area contributed by atoms with Gasteiger partial charge in [0.05, 0.1) is 12.1 Å². The first-order chi connectivity index (χ1) is 14.2. The maximum Gasteiger partial charge on any atom is 0.410 e. The Labute approximate surface area is 181 Å². The first kappa shape index (κ1) is 22.6. The summed E-state index contributed by atoms with van der Waals surface area (Å²) in [7, 11) is -2.19. The average Bonchev–Trinajstić information content (AvgIpc) is 2.73. The van der Waals surface area contributed by atoms with Crippen LogP contribution < -0.4 is 10.4 Å². The van der Waals surface area contributed by atoms with E-state index in [0.29, 0.717) is 12.6 Å². The van der Waals surface area contributed by atoms with Crippen molar-refractivity contribution in [2.75, 3.05) is 6.54 Å². The molecule has 1 fully saturated rings. The number of carbonyl (C=O) groups excluding carboxylic acids is 1. The molecule has 1 amide bonds. The van der Waals surface area contributed by atoms with Gasteiger partial charge in [0.2, 0.25) is 0 Å². The van der Waals surface area contributed by atoms with Gasteiger partial charge in [-0.2, -0.15) is 0 Å². The van der Waals surface area contributed by atoms with Gasteiger partial charge in [0.15, 0.2) is 0 Å². The van der Waals surface area contributed by atoms with Crippen LogP contribution in [0.3, 0.4) is 0 Å². The number of benzene rings is 2. The fourth-order valence-corrected chi connectivity index (χ4v) is 8.24. The topological polar surface area (TPSA) is 49.8 Å². The van der Waals surface area contributed by atoms with E-state index in [-0.39, 0.29) is 12.1 Å². The number of likely N-dealkylation sites (tertiary alicyclic amines) is 1. The van der Waals surface area contributed by atoms with Crippen molar-refractivity contribution in [1.29, 1.82) is 0 Å². The zero-order chi connectivity index (χ0) is 21.8. The predicted molar refractivity (Wildman–Crippen MR) is 125 cm³/mol. The first-order valence-electron chi connectivity index (χ1n) is 11.0. The second-order valence-corrected chi connectivity index (χ2v) is 13.8. The Hall–Kier alpha value is -2.11. The molecule has 0 bridgehead atoms. The van der Waals surface area contributed by atoms with E-state index in [4.69, 9.17) is 4.74 Å². The number of hydrogen-bond donors (Lipinski definition) is 1. The van der Waals surface area contributed by atoms with Crippen LogP contribution in [-0.4, -0.2) is 48.5 Å². The maximum atomic E-state index is 12.8. The van der Waals surface area contributed by atoms with E-state index in [1.54, 1.807) is 4.90 Å². The number of aliphatic hydroxyl groups is 1. The second-order valence-electron chi connectivity index (χ2n) is 9.57. The molecule has 0 saturated carbocycles. The number of piperidine rings is 1. The summed E-state index contributed by atoms with van der Waals surface area (Å²) in [5, 5.41) is 14.0. The van der Waals surface area contributed by atoms with Crippen molar-refractivity contribution in [2.45, 2.75) is 70.4 Å². The van der Waals surface area contributed by atoms with Gasteiger partial charge in [-0.1, -0.05) is 77.6 Å². The van der Waals surface area contributed by atoms with Crippen LogP contribution in [0, 0.1) is 0 Å². The molecule has 0 unspecified atom stereocenters. The normalized spacial score (nSPS) is 18.7. The Morgan fingerprint density at radius 2 is 1.60 bits per heavy atom. The van der Waals surface area contributed by atoms with Crippen LogP contribution in [0.25, 0.3) is 0 Å². The van der Waals surface area contributed by atoms with Gasteiger partial charge >= 0.3 is 6.09 Å². The SMILES string of the molecule is CC(C)(C)OC(=O)N1CCCC[C@H]1[C@@H](O)C[Si](C)(c1ccccc1)c1ccccc1. The van der Waals surface area contributed by atoms with Gasteiger partial charge in [0, 0.05) is 6.54 Å². The minimum atomic E-state index is -2.19. The van der Waals surface area contributed by atoms with E-state index >= 15 is 0 Å². The number of aliphatic hydroxyl groups excluding tert-OH is 1. The van der Waals surface area contributed by atoms with E-state index in [9.17, 15) is 9.90 Å². The Morgan fingerprint density at radius 3 is 2.10 bits per heavy atom. The smallest absolute Gasteiger partial charge is 0.410 e. The van der Waals surface area contributed by atoms with E-state index < -0.39 is 19.8 Å². The highest BCUT2D eigenvalue weighted by Gasteiger charge is 2.40. The van der Waals surface area contributed by atoms with Crippen molar-refractivity contribution >= 4 is 24.5 Å². The Bertz CT molecular complexity index is 780. The molecule has 0 spiro atoms. The molecule has 0 aromatic heterocycles. The molecule has 1 aliphatic rings. The van der Waals surface area contributed by atoms with Gasteiger partial charge in [-0.3, -0.25) is 0 Å². The molecule has 1 N–H and O–H groups in total. The number of ether oxygens (including phenoxy) is 1. The van der Waals surface area contributed by atoms with Crippen LogP contribution >= 0.6 is 0 Å². The molecular weight excluding hydrogens is 390 g/mol. The minimum absolute atomic E-state index is 0.201. The van der Waals surface area contributed by atoms with Crippen LogP contribution in [0.15, 0.2) is 60.7 Å². The molecule has 162 valence electrons. The Kier molecular flexibility index (Phi) is 7.04. The van der Waals surface area contributed by atoms with Gasteiger partial charge in [-0.15, -0.1) is 0 Å². The molecule has 1 saturated heterocycles. The summed E-state index contributed by atoms with van der Waals surface area (Å²) in [4.78, 5) is 14.6. The van der Waals surface area contributed by atoms with Crippen molar-refractivity contribution in [3.05, 3.63) is 60.7 Å². The first-order valence-corrected chi connectivity index (χ1v) is 13.7. The molecule has 2 aromatic rings. The van der Waals surface area contributed by atoms with E-state index in [0.717, 1.165) is 19.3 Å². The summed E-state index contributed by atoms with van der Waals surface area (Å²) < 4.78 is 5.64. The molecular formula is C25H35NO3Si. The molecule has 2 aromatic carbocycles. The predicted octanol–water partition coefficient (Wildman–Crippen LogP) is 4.03. The molecule has 2 atom stereocenters. The van der Waals surface area contributed by atoms with Gasteiger partial charge in [0.25, 0.3) is 0 Å². The third kappa shape index (κ3) is 5.32. The summed E-state index contributed by atoms with van der Waals surface area (Å²) in [6, 6.07) is 21.5. The highest BCUT2D eigenvalue weighted by atomic mass is 28.3. The third-order valence-electron chi connectivity index (χ3n) is 6.06. The van der Waals surface area contributed by atoms with E-state index in [1.807, 2.05) is 32.9 Å². The summed E-state index contributed by atoms with van der Waals surface area (Å²) in [6.07, 6.45) is 1.89. The maximum absolute atomic E-state index is 12.8. The van der Waals surface area contributed by atoms with Crippen LogP contribution in [0.1, 0.15) is 40.0 Å². The highest BCUT2D eigenvalue weighted by molar-refractivity contribution is 7.01. The molecule has 0 radical (unpaired) electrons. The molecule has 0 aliphatic carbocycles. The van der Waals surface area contributed by atoms with Crippen LogP contribution in [0.5, 0.6) is 0 Å². The molecule has 1 aliphatic heterocycles. The lowest BCUT2D eigenvalue weighted by atomic mass is 9.98. The fourth-order valence-electron chi connectivity index (χ4n) is 4.47. The second kappa shape index (κ2) is 9.35. The van der Waals surface area contributed by atoms with Crippen molar-refractivity contribution in [3.8, 4) is 0 Å². The average molecular weight is 426 g/mol.